The topological polar surface area (TPSA) is 67.3 Å². The molecule has 0 unspecified atom stereocenters. The molecule has 6 nitrogen and oxygen atoms in total. The summed E-state index contributed by atoms with van der Waals surface area (Å²) in [7, 11) is 1.68. The number of carbonyl (C=O) groups is 1. The van der Waals surface area contributed by atoms with Gasteiger partial charge in [-0.3, -0.25) is 4.79 Å². The lowest BCUT2D eigenvalue weighted by atomic mass is 10.1. The lowest BCUT2D eigenvalue weighted by Crippen LogP contribution is -2.34. The molecule has 142 valence electrons. The maximum absolute atomic E-state index is 12.0. The number of rotatable bonds is 11. The van der Waals surface area contributed by atoms with E-state index in [2.05, 4.69) is 45.6 Å². The largest absolute Gasteiger partial charge is 0.383 e. The minimum absolute atomic E-state index is 0.0649. The molecule has 0 aliphatic heterocycles. The van der Waals surface area contributed by atoms with Gasteiger partial charge in [-0.05, 0) is 11.5 Å². The van der Waals surface area contributed by atoms with Crippen LogP contribution < -0.4 is 10.2 Å². The SMILES string of the molecule is COCCN(CCC(=O)NCC(C)C)c1nc(Cc2ccccc2)ns1. The summed E-state index contributed by atoms with van der Waals surface area (Å²) in [5.41, 5.74) is 1.19. The summed E-state index contributed by atoms with van der Waals surface area (Å²) in [4.78, 5) is 18.7. The normalized spacial score (nSPS) is 10.9. The van der Waals surface area contributed by atoms with E-state index in [1.807, 2.05) is 18.2 Å². The molecule has 2 rings (SSSR count). The molecule has 1 amide bonds. The van der Waals surface area contributed by atoms with E-state index in [4.69, 9.17) is 4.74 Å². The van der Waals surface area contributed by atoms with Gasteiger partial charge in [0.05, 0.1) is 6.61 Å². The molecule has 0 saturated heterocycles. The molecule has 7 heteroatoms. The standard InChI is InChI=1S/C19H28N4O2S/c1-15(2)14-20-18(24)9-10-23(11-12-25-3)19-21-17(22-26-19)13-16-7-5-4-6-8-16/h4-8,15H,9-14H2,1-3H3,(H,20,24). The molecule has 0 aliphatic rings. The highest BCUT2D eigenvalue weighted by Crippen LogP contribution is 2.19. The van der Waals surface area contributed by atoms with Gasteiger partial charge in [0.1, 0.15) is 5.82 Å². The fourth-order valence-corrected chi connectivity index (χ4v) is 3.11. The Bertz CT molecular complexity index is 661. The van der Waals surface area contributed by atoms with Gasteiger partial charge >= 0.3 is 0 Å². The summed E-state index contributed by atoms with van der Waals surface area (Å²) < 4.78 is 9.67. The Morgan fingerprint density at radius 2 is 2.04 bits per heavy atom. The highest BCUT2D eigenvalue weighted by atomic mass is 32.1. The van der Waals surface area contributed by atoms with Crippen molar-refractivity contribution in [1.82, 2.24) is 14.7 Å². The summed E-state index contributed by atoms with van der Waals surface area (Å²) in [6, 6.07) is 10.2. The quantitative estimate of drug-likeness (QED) is 0.653. The first-order chi connectivity index (χ1) is 12.6. The minimum Gasteiger partial charge on any atom is -0.383 e. The van der Waals surface area contributed by atoms with Crippen molar-refractivity contribution >= 4 is 22.6 Å². The monoisotopic (exact) mass is 376 g/mol. The molecular formula is C19H28N4O2S. The van der Waals surface area contributed by atoms with Crippen molar-refractivity contribution in [2.45, 2.75) is 26.7 Å². The maximum atomic E-state index is 12.0. The molecule has 0 fully saturated rings. The zero-order chi connectivity index (χ0) is 18.8. The Kier molecular flexibility index (Phi) is 8.50. The minimum atomic E-state index is 0.0649. The molecule has 1 aromatic heterocycles. The average Bonchev–Trinajstić information content (AvgIpc) is 3.09. The van der Waals surface area contributed by atoms with E-state index in [1.165, 1.54) is 17.1 Å². The van der Waals surface area contributed by atoms with Gasteiger partial charge in [-0.15, -0.1) is 0 Å². The number of aromatic nitrogens is 2. The van der Waals surface area contributed by atoms with Crippen LogP contribution in [0.5, 0.6) is 0 Å². The molecule has 26 heavy (non-hydrogen) atoms. The van der Waals surface area contributed by atoms with Crippen LogP contribution >= 0.6 is 11.5 Å². The van der Waals surface area contributed by atoms with Crippen LogP contribution in [0.25, 0.3) is 0 Å². The van der Waals surface area contributed by atoms with Gasteiger partial charge in [-0.1, -0.05) is 44.2 Å². The van der Waals surface area contributed by atoms with Crippen LogP contribution in [-0.2, 0) is 16.0 Å². The molecule has 0 saturated carbocycles. The van der Waals surface area contributed by atoms with Crippen molar-refractivity contribution in [2.24, 2.45) is 5.92 Å². The van der Waals surface area contributed by atoms with Crippen LogP contribution in [0.3, 0.4) is 0 Å². The van der Waals surface area contributed by atoms with E-state index >= 15 is 0 Å². The number of hydrogen-bond donors (Lipinski definition) is 1. The molecule has 0 atom stereocenters. The maximum Gasteiger partial charge on any atom is 0.221 e. The molecule has 2 aromatic rings. The number of hydrogen-bond acceptors (Lipinski definition) is 6. The van der Waals surface area contributed by atoms with Crippen LogP contribution in [0.15, 0.2) is 30.3 Å². The van der Waals surface area contributed by atoms with Crippen LogP contribution in [-0.4, -0.2) is 48.6 Å². The van der Waals surface area contributed by atoms with Gasteiger partial charge in [-0.25, -0.2) is 4.98 Å². The van der Waals surface area contributed by atoms with Gasteiger partial charge in [-0.2, -0.15) is 4.37 Å². The lowest BCUT2D eigenvalue weighted by molar-refractivity contribution is -0.121. The fraction of sp³-hybridized carbons (Fsp3) is 0.526. The molecule has 0 bridgehead atoms. The molecule has 0 radical (unpaired) electrons. The van der Waals surface area contributed by atoms with E-state index in [-0.39, 0.29) is 5.91 Å². The number of ether oxygens (including phenoxy) is 1. The molecule has 1 heterocycles. The number of carbonyl (C=O) groups excluding carboxylic acids is 1. The number of benzene rings is 1. The Hall–Kier alpha value is -1.99. The third kappa shape index (κ3) is 7.09. The van der Waals surface area contributed by atoms with Crippen LogP contribution in [0.2, 0.25) is 0 Å². The summed E-state index contributed by atoms with van der Waals surface area (Å²) in [5, 5.41) is 3.79. The summed E-state index contributed by atoms with van der Waals surface area (Å²) in [6.45, 7) is 6.75. The van der Waals surface area contributed by atoms with E-state index < -0.39 is 0 Å². The second kappa shape index (κ2) is 10.9. The van der Waals surface area contributed by atoms with Crippen molar-refractivity contribution in [3.05, 3.63) is 41.7 Å². The summed E-state index contributed by atoms with van der Waals surface area (Å²) in [5.74, 6) is 1.32. The molecular weight excluding hydrogens is 348 g/mol. The summed E-state index contributed by atoms with van der Waals surface area (Å²) >= 11 is 1.37. The first-order valence-corrected chi connectivity index (χ1v) is 9.73. The predicted octanol–water partition coefficient (Wildman–Crippen LogP) is 2.74. The molecule has 1 aromatic carbocycles. The zero-order valence-corrected chi connectivity index (χ0v) is 16.6. The number of nitrogens with zero attached hydrogens (tertiary/aromatic N) is 3. The van der Waals surface area contributed by atoms with E-state index in [0.717, 1.165) is 11.0 Å². The van der Waals surface area contributed by atoms with Gasteiger partial charge < -0.3 is 15.0 Å². The Morgan fingerprint density at radius 1 is 1.27 bits per heavy atom. The van der Waals surface area contributed by atoms with E-state index in [1.54, 1.807) is 7.11 Å². The molecule has 0 aliphatic carbocycles. The highest BCUT2D eigenvalue weighted by Gasteiger charge is 2.14. The number of methoxy groups -OCH3 is 1. The van der Waals surface area contributed by atoms with Crippen LogP contribution in [0, 0.1) is 5.92 Å². The average molecular weight is 377 g/mol. The molecule has 0 spiro atoms. The van der Waals surface area contributed by atoms with Crippen molar-refractivity contribution in [3.63, 3.8) is 0 Å². The molecule has 1 N–H and O–H groups in total. The van der Waals surface area contributed by atoms with Crippen molar-refractivity contribution < 1.29 is 9.53 Å². The fourth-order valence-electron chi connectivity index (χ4n) is 2.37. The van der Waals surface area contributed by atoms with Crippen molar-refractivity contribution in [1.29, 1.82) is 0 Å². The van der Waals surface area contributed by atoms with Gasteiger partial charge in [0.15, 0.2) is 0 Å². The van der Waals surface area contributed by atoms with Gasteiger partial charge in [0, 0.05) is 51.1 Å². The second-order valence-corrected chi connectivity index (χ2v) is 7.31. The number of anilines is 1. The van der Waals surface area contributed by atoms with Crippen molar-refractivity contribution in [2.75, 3.05) is 38.3 Å². The van der Waals surface area contributed by atoms with Crippen LogP contribution in [0.1, 0.15) is 31.7 Å². The van der Waals surface area contributed by atoms with Crippen molar-refractivity contribution in [3.8, 4) is 0 Å². The third-order valence-corrected chi connectivity index (χ3v) is 4.63. The van der Waals surface area contributed by atoms with E-state index in [0.29, 0.717) is 45.0 Å². The predicted molar refractivity (Wildman–Crippen MR) is 106 cm³/mol. The number of amides is 1. The van der Waals surface area contributed by atoms with E-state index in [9.17, 15) is 4.79 Å². The van der Waals surface area contributed by atoms with Gasteiger partial charge in [0.25, 0.3) is 0 Å². The second-order valence-electron chi connectivity index (χ2n) is 6.58. The Morgan fingerprint density at radius 3 is 2.73 bits per heavy atom. The van der Waals surface area contributed by atoms with Gasteiger partial charge in [0.2, 0.25) is 11.0 Å². The first-order valence-electron chi connectivity index (χ1n) is 8.95. The van der Waals surface area contributed by atoms with Crippen LogP contribution in [0.4, 0.5) is 5.13 Å². The smallest absolute Gasteiger partial charge is 0.221 e. The number of nitrogens with one attached hydrogen (secondary N) is 1. The Labute approximate surface area is 159 Å². The lowest BCUT2D eigenvalue weighted by Gasteiger charge is -2.20. The first kappa shape index (κ1) is 20.3. The highest BCUT2D eigenvalue weighted by molar-refractivity contribution is 7.09. The summed E-state index contributed by atoms with van der Waals surface area (Å²) in [6.07, 6.45) is 1.15. The Balaban J connectivity index is 1.94. The third-order valence-electron chi connectivity index (χ3n) is 3.81. The zero-order valence-electron chi connectivity index (χ0n) is 15.8.